The predicted octanol–water partition coefficient (Wildman–Crippen LogP) is 3.38. The van der Waals surface area contributed by atoms with Gasteiger partial charge >= 0.3 is 6.18 Å². The fraction of sp³-hybridized carbons (Fsp3) is 0.278. The molecule has 2 N–H and O–H groups in total. The quantitative estimate of drug-likeness (QED) is 0.659. The lowest BCUT2D eigenvalue weighted by atomic mass is 9.96. The van der Waals surface area contributed by atoms with Crippen molar-refractivity contribution in [2.45, 2.75) is 25.7 Å². The molecule has 1 aliphatic heterocycles. The molecule has 2 aromatic carbocycles. The van der Waals surface area contributed by atoms with Gasteiger partial charge in [-0.15, -0.1) is 0 Å². The highest BCUT2D eigenvalue weighted by Crippen LogP contribution is 2.29. The Labute approximate surface area is 142 Å². The maximum atomic E-state index is 12.6. The Balaban J connectivity index is 1.68. The molecule has 0 fully saturated rings. The van der Waals surface area contributed by atoms with Crippen LogP contribution in [0.5, 0.6) is 0 Å². The average Bonchev–Trinajstić information content (AvgIpc) is 2.60. The number of hydrogen-bond donors (Lipinski definition) is 2. The second-order valence-corrected chi connectivity index (χ2v) is 6.08. The zero-order chi connectivity index (χ0) is 18.0. The van der Waals surface area contributed by atoms with Gasteiger partial charge in [0.1, 0.15) is 0 Å². The van der Waals surface area contributed by atoms with Crippen LogP contribution in [0.3, 0.4) is 0 Å². The summed E-state index contributed by atoms with van der Waals surface area (Å²) in [5, 5.41) is 8.69. The van der Waals surface area contributed by atoms with Crippen LogP contribution in [0.4, 0.5) is 13.2 Å². The largest absolute Gasteiger partial charge is 0.416 e. The molecule has 1 heterocycles. The van der Waals surface area contributed by atoms with Gasteiger partial charge in [0.05, 0.1) is 5.56 Å². The van der Waals surface area contributed by atoms with Gasteiger partial charge in [-0.1, -0.05) is 18.2 Å². The van der Waals surface area contributed by atoms with E-state index in [1.165, 1.54) is 12.1 Å². The number of hydroxylamine groups is 1. The third-order valence-electron chi connectivity index (χ3n) is 4.35. The lowest BCUT2D eigenvalue weighted by Crippen LogP contribution is -2.30. The predicted molar refractivity (Wildman–Crippen MR) is 85.0 cm³/mol. The van der Waals surface area contributed by atoms with Gasteiger partial charge in [0.15, 0.2) is 0 Å². The number of carbonyl (C=O) groups excluding carboxylic acids is 1. The summed E-state index contributed by atoms with van der Waals surface area (Å²) in [6.45, 7) is 1.98. The van der Waals surface area contributed by atoms with Crippen LogP contribution in [-0.4, -0.2) is 22.6 Å². The number of hydrogen-bond acceptors (Lipinski definition) is 3. The molecule has 25 heavy (non-hydrogen) atoms. The van der Waals surface area contributed by atoms with Crippen LogP contribution in [0.1, 0.15) is 32.6 Å². The maximum absolute atomic E-state index is 12.6. The minimum atomic E-state index is -4.32. The smallest absolute Gasteiger partial charge is 0.294 e. The van der Waals surface area contributed by atoms with Crippen LogP contribution in [0.15, 0.2) is 42.5 Å². The van der Waals surface area contributed by atoms with Crippen molar-refractivity contribution in [1.82, 2.24) is 10.4 Å². The highest BCUT2D eigenvalue weighted by Gasteiger charge is 2.30. The van der Waals surface area contributed by atoms with E-state index in [2.05, 4.69) is 4.90 Å². The van der Waals surface area contributed by atoms with Crippen molar-refractivity contribution in [2.24, 2.45) is 0 Å². The van der Waals surface area contributed by atoms with Crippen molar-refractivity contribution in [3.63, 3.8) is 0 Å². The summed E-state index contributed by atoms with van der Waals surface area (Å²) in [4.78, 5) is 13.6. The number of nitrogens with one attached hydrogen (secondary N) is 1. The van der Waals surface area contributed by atoms with Crippen LogP contribution < -0.4 is 5.48 Å². The van der Waals surface area contributed by atoms with Gasteiger partial charge in [0.2, 0.25) is 0 Å². The zero-order valence-electron chi connectivity index (χ0n) is 13.3. The topological polar surface area (TPSA) is 52.6 Å². The van der Waals surface area contributed by atoms with Gasteiger partial charge in [-0.25, -0.2) is 5.48 Å². The molecule has 0 atom stereocenters. The second-order valence-electron chi connectivity index (χ2n) is 6.08. The number of benzene rings is 2. The molecule has 7 heteroatoms. The Morgan fingerprint density at radius 1 is 1.12 bits per heavy atom. The van der Waals surface area contributed by atoms with Gasteiger partial charge in [-0.3, -0.25) is 14.9 Å². The van der Waals surface area contributed by atoms with Crippen LogP contribution in [0.2, 0.25) is 0 Å². The van der Waals surface area contributed by atoms with Gasteiger partial charge in [-0.05, 0) is 47.4 Å². The summed E-state index contributed by atoms with van der Waals surface area (Å²) >= 11 is 0. The van der Waals surface area contributed by atoms with Crippen LogP contribution in [0.25, 0.3) is 0 Å². The van der Waals surface area contributed by atoms with E-state index in [1.54, 1.807) is 17.6 Å². The van der Waals surface area contributed by atoms with Crippen molar-refractivity contribution in [3.05, 3.63) is 70.3 Å². The minimum absolute atomic E-state index is 0.400. The third kappa shape index (κ3) is 4.00. The van der Waals surface area contributed by atoms with Gasteiger partial charge < -0.3 is 0 Å². The number of nitrogens with zero attached hydrogens (tertiary/aromatic N) is 1. The van der Waals surface area contributed by atoms with E-state index in [4.69, 9.17) is 5.21 Å². The van der Waals surface area contributed by atoms with Gasteiger partial charge in [0, 0.05) is 25.2 Å². The Bertz CT molecular complexity index is 773. The zero-order valence-corrected chi connectivity index (χ0v) is 13.3. The van der Waals surface area contributed by atoms with Gasteiger partial charge in [-0.2, -0.15) is 13.2 Å². The van der Waals surface area contributed by atoms with E-state index in [0.717, 1.165) is 41.8 Å². The molecule has 0 bridgehead atoms. The highest BCUT2D eigenvalue weighted by atomic mass is 19.4. The lowest BCUT2D eigenvalue weighted by molar-refractivity contribution is -0.137. The van der Waals surface area contributed by atoms with Crippen molar-refractivity contribution in [1.29, 1.82) is 0 Å². The number of amides is 1. The molecule has 0 aliphatic carbocycles. The van der Waals surface area contributed by atoms with Crippen molar-refractivity contribution < 1.29 is 23.2 Å². The molecule has 2 aromatic rings. The van der Waals surface area contributed by atoms with Crippen molar-refractivity contribution in [3.8, 4) is 0 Å². The molecular weight excluding hydrogens is 333 g/mol. The monoisotopic (exact) mass is 350 g/mol. The molecule has 1 amide bonds. The van der Waals surface area contributed by atoms with Crippen LogP contribution in [-0.2, 0) is 25.7 Å². The summed E-state index contributed by atoms with van der Waals surface area (Å²) in [5.74, 6) is -0.546. The Morgan fingerprint density at radius 2 is 1.84 bits per heavy atom. The number of alkyl halides is 3. The fourth-order valence-electron chi connectivity index (χ4n) is 3.01. The van der Waals surface area contributed by atoms with Crippen LogP contribution in [0, 0.1) is 0 Å². The average molecular weight is 350 g/mol. The number of rotatable bonds is 3. The maximum Gasteiger partial charge on any atom is 0.416 e. The van der Waals surface area contributed by atoms with Crippen molar-refractivity contribution >= 4 is 5.91 Å². The summed E-state index contributed by atoms with van der Waals surface area (Å²) in [6, 6.07) is 10.5. The minimum Gasteiger partial charge on any atom is -0.294 e. The second kappa shape index (κ2) is 6.85. The number of halogens is 3. The first kappa shape index (κ1) is 17.4. The first-order valence-electron chi connectivity index (χ1n) is 7.81. The molecule has 4 nitrogen and oxygen atoms in total. The standard InChI is InChI=1S/C18H17F3N2O2/c19-18(20,21)16-5-1-12(2-6-16)10-23-8-7-13-9-14(17(24)22-25)3-4-15(13)11-23/h1-6,9,25H,7-8,10-11H2,(H,22,24). The molecule has 132 valence electrons. The summed E-state index contributed by atoms with van der Waals surface area (Å²) in [6.07, 6.45) is -3.58. The Morgan fingerprint density at radius 3 is 2.48 bits per heavy atom. The Hall–Kier alpha value is -2.38. The van der Waals surface area contributed by atoms with Gasteiger partial charge in [0.25, 0.3) is 5.91 Å². The normalized spacial score (nSPS) is 14.9. The van der Waals surface area contributed by atoms with E-state index in [-0.39, 0.29) is 0 Å². The number of fused-ring (bicyclic) bond motifs is 1. The molecule has 1 aliphatic rings. The molecule has 0 aromatic heterocycles. The third-order valence-corrected chi connectivity index (χ3v) is 4.35. The molecule has 0 unspecified atom stereocenters. The SMILES string of the molecule is O=C(NO)c1ccc2c(c1)CCN(Cc1ccc(C(F)(F)F)cc1)C2. The lowest BCUT2D eigenvalue weighted by Gasteiger charge is -2.29. The molecule has 0 saturated heterocycles. The van der Waals surface area contributed by atoms with Crippen LogP contribution >= 0.6 is 0 Å². The first-order chi connectivity index (χ1) is 11.9. The first-order valence-corrected chi connectivity index (χ1v) is 7.81. The molecule has 0 saturated carbocycles. The van der Waals surface area contributed by atoms with E-state index < -0.39 is 17.6 Å². The highest BCUT2D eigenvalue weighted by molar-refractivity contribution is 5.93. The fourth-order valence-corrected chi connectivity index (χ4v) is 3.01. The molecule has 0 spiro atoms. The Kier molecular flexibility index (Phi) is 4.78. The number of carbonyl (C=O) groups is 1. The molecule has 0 radical (unpaired) electrons. The van der Waals surface area contributed by atoms with Crippen molar-refractivity contribution in [2.75, 3.05) is 6.54 Å². The van der Waals surface area contributed by atoms with E-state index in [9.17, 15) is 18.0 Å². The molecular formula is C18H17F3N2O2. The van der Waals surface area contributed by atoms with E-state index in [1.807, 2.05) is 6.07 Å². The van der Waals surface area contributed by atoms with E-state index in [0.29, 0.717) is 18.7 Å². The molecule has 3 rings (SSSR count). The summed E-state index contributed by atoms with van der Waals surface area (Å²) in [7, 11) is 0. The van der Waals surface area contributed by atoms with E-state index >= 15 is 0 Å². The summed E-state index contributed by atoms with van der Waals surface area (Å²) in [5.41, 5.74) is 4.32. The summed E-state index contributed by atoms with van der Waals surface area (Å²) < 4.78 is 37.8.